The molecule has 94 valence electrons. The van der Waals surface area contributed by atoms with E-state index in [1.165, 1.54) is 6.42 Å². The number of rotatable bonds is 6. The maximum absolute atomic E-state index is 9.86. The van der Waals surface area contributed by atoms with E-state index in [1.807, 2.05) is 0 Å². The molecule has 0 radical (unpaired) electrons. The molecule has 2 fully saturated rings. The molecule has 3 atom stereocenters. The summed E-state index contributed by atoms with van der Waals surface area (Å²) < 4.78 is 5.28. The minimum Gasteiger partial charge on any atom is -0.390 e. The lowest BCUT2D eigenvalue weighted by Gasteiger charge is -2.28. The summed E-state index contributed by atoms with van der Waals surface area (Å²) in [4.78, 5) is 2.27. The van der Waals surface area contributed by atoms with Crippen LogP contribution in [0.4, 0.5) is 0 Å². The summed E-state index contributed by atoms with van der Waals surface area (Å²) in [6.07, 6.45) is 1.11. The highest BCUT2D eigenvalue weighted by Crippen LogP contribution is 2.36. The molecule has 0 amide bonds. The molecule has 2 aliphatic rings. The molecule has 1 aliphatic carbocycles. The Bertz CT molecular complexity index is 207. The largest absolute Gasteiger partial charge is 0.390 e. The Balaban J connectivity index is 1.51. The molecule has 0 spiro atoms. The van der Waals surface area contributed by atoms with Gasteiger partial charge in [0, 0.05) is 26.2 Å². The molecule has 4 heteroatoms. The molecular formula is C12H24N2O2. The van der Waals surface area contributed by atoms with Gasteiger partial charge >= 0.3 is 0 Å². The second kappa shape index (κ2) is 5.96. The van der Waals surface area contributed by atoms with Gasteiger partial charge in [-0.05, 0) is 24.8 Å². The first-order valence-electron chi connectivity index (χ1n) is 6.44. The fraction of sp³-hybridized carbons (Fsp3) is 1.00. The van der Waals surface area contributed by atoms with Gasteiger partial charge in [-0.3, -0.25) is 4.90 Å². The highest BCUT2D eigenvalue weighted by atomic mass is 16.5. The van der Waals surface area contributed by atoms with Crippen molar-refractivity contribution in [2.75, 3.05) is 45.9 Å². The van der Waals surface area contributed by atoms with Crippen molar-refractivity contribution in [2.45, 2.75) is 19.4 Å². The first kappa shape index (κ1) is 12.3. The van der Waals surface area contributed by atoms with E-state index in [1.54, 1.807) is 0 Å². The van der Waals surface area contributed by atoms with Gasteiger partial charge in [0.1, 0.15) is 0 Å². The highest BCUT2D eigenvalue weighted by molar-refractivity contribution is 4.84. The first-order valence-corrected chi connectivity index (χ1v) is 6.44. The van der Waals surface area contributed by atoms with Crippen LogP contribution in [-0.2, 0) is 4.74 Å². The number of ether oxygens (including phenoxy) is 1. The van der Waals surface area contributed by atoms with Crippen LogP contribution in [0.2, 0.25) is 0 Å². The van der Waals surface area contributed by atoms with Gasteiger partial charge in [0.2, 0.25) is 0 Å². The van der Waals surface area contributed by atoms with E-state index in [9.17, 15) is 5.11 Å². The summed E-state index contributed by atoms with van der Waals surface area (Å²) in [5, 5.41) is 13.2. The van der Waals surface area contributed by atoms with Crippen molar-refractivity contribution in [3.8, 4) is 0 Å². The van der Waals surface area contributed by atoms with Crippen LogP contribution in [0.1, 0.15) is 13.3 Å². The topological polar surface area (TPSA) is 44.7 Å². The monoisotopic (exact) mass is 228 g/mol. The molecule has 1 heterocycles. The van der Waals surface area contributed by atoms with Crippen LogP contribution in [0.3, 0.4) is 0 Å². The van der Waals surface area contributed by atoms with Crippen LogP contribution >= 0.6 is 0 Å². The van der Waals surface area contributed by atoms with E-state index >= 15 is 0 Å². The first-order chi connectivity index (χ1) is 7.75. The van der Waals surface area contributed by atoms with Crippen LogP contribution < -0.4 is 5.32 Å². The minimum atomic E-state index is -0.243. The van der Waals surface area contributed by atoms with E-state index in [4.69, 9.17) is 4.74 Å². The molecule has 2 N–H and O–H groups in total. The van der Waals surface area contributed by atoms with Gasteiger partial charge in [-0.2, -0.15) is 0 Å². The minimum absolute atomic E-state index is 0.243. The third-order valence-corrected chi connectivity index (χ3v) is 3.64. The lowest BCUT2D eigenvalue weighted by atomic mass is 10.3. The summed E-state index contributed by atoms with van der Waals surface area (Å²) in [5.41, 5.74) is 0. The quantitative estimate of drug-likeness (QED) is 0.668. The van der Waals surface area contributed by atoms with Crippen LogP contribution in [0.25, 0.3) is 0 Å². The Morgan fingerprint density at radius 3 is 2.75 bits per heavy atom. The average Bonchev–Trinajstić information content (AvgIpc) is 2.96. The number of nitrogens with one attached hydrogen (secondary N) is 1. The molecule has 0 bridgehead atoms. The van der Waals surface area contributed by atoms with Gasteiger partial charge in [0.25, 0.3) is 0 Å². The predicted octanol–water partition coefficient (Wildman–Crippen LogP) is -0.0749. The number of aliphatic hydroxyl groups excluding tert-OH is 1. The molecule has 0 aromatic carbocycles. The molecule has 1 saturated carbocycles. The lowest BCUT2D eigenvalue weighted by molar-refractivity contribution is 0.0149. The predicted molar refractivity (Wildman–Crippen MR) is 63.4 cm³/mol. The molecular weight excluding hydrogens is 204 g/mol. The molecule has 0 aromatic rings. The van der Waals surface area contributed by atoms with Gasteiger partial charge < -0.3 is 15.2 Å². The van der Waals surface area contributed by atoms with Crippen LogP contribution in [-0.4, -0.2) is 62.0 Å². The number of hydrogen-bond donors (Lipinski definition) is 2. The Labute approximate surface area is 98.0 Å². The molecule has 4 nitrogen and oxygen atoms in total. The van der Waals surface area contributed by atoms with E-state index in [0.29, 0.717) is 0 Å². The van der Waals surface area contributed by atoms with Gasteiger partial charge in [-0.15, -0.1) is 0 Å². The van der Waals surface area contributed by atoms with Crippen molar-refractivity contribution in [1.82, 2.24) is 10.2 Å². The lowest BCUT2D eigenvalue weighted by Crippen LogP contribution is -2.44. The SMILES string of the molecule is CC1CC1CNCC(O)CN1CCOCC1. The standard InChI is InChI=1S/C12H24N2O2/c1-10-6-11(10)7-13-8-12(15)9-14-2-4-16-5-3-14/h10-13,15H,2-9H2,1H3. The number of nitrogens with zero attached hydrogens (tertiary/aromatic N) is 1. The van der Waals surface area contributed by atoms with Crippen LogP contribution in [0, 0.1) is 11.8 Å². The Morgan fingerprint density at radius 1 is 1.44 bits per heavy atom. The van der Waals surface area contributed by atoms with Gasteiger partial charge in [0.05, 0.1) is 19.3 Å². The Kier molecular flexibility index (Phi) is 4.58. The fourth-order valence-corrected chi connectivity index (χ4v) is 2.27. The van der Waals surface area contributed by atoms with Crippen molar-refractivity contribution < 1.29 is 9.84 Å². The molecule has 1 aliphatic heterocycles. The zero-order valence-electron chi connectivity index (χ0n) is 10.2. The third kappa shape index (κ3) is 4.01. The molecule has 2 rings (SSSR count). The summed E-state index contributed by atoms with van der Waals surface area (Å²) in [7, 11) is 0. The smallest absolute Gasteiger partial charge is 0.0791 e. The van der Waals surface area contributed by atoms with E-state index in [-0.39, 0.29) is 6.10 Å². The van der Waals surface area contributed by atoms with E-state index in [0.717, 1.165) is 57.8 Å². The second-order valence-corrected chi connectivity index (χ2v) is 5.20. The molecule has 16 heavy (non-hydrogen) atoms. The highest BCUT2D eigenvalue weighted by Gasteiger charge is 2.31. The summed E-state index contributed by atoms with van der Waals surface area (Å²) in [5.74, 6) is 1.75. The van der Waals surface area contributed by atoms with E-state index < -0.39 is 0 Å². The number of aliphatic hydroxyl groups is 1. The fourth-order valence-electron chi connectivity index (χ4n) is 2.27. The Hall–Kier alpha value is -0.160. The van der Waals surface area contributed by atoms with Crippen molar-refractivity contribution >= 4 is 0 Å². The zero-order chi connectivity index (χ0) is 11.4. The third-order valence-electron chi connectivity index (χ3n) is 3.64. The van der Waals surface area contributed by atoms with Crippen LogP contribution in [0.15, 0.2) is 0 Å². The molecule has 3 unspecified atom stereocenters. The van der Waals surface area contributed by atoms with Crippen molar-refractivity contribution in [3.05, 3.63) is 0 Å². The van der Waals surface area contributed by atoms with Gasteiger partial charge in [-0.1, -0.05) is 6.92 Å². The van der Waals surface area contributed by atoms with Gasteiger partial charge in [0.15, 0.2) is 0 Å². The summed E-state index contributed by atoms with van der Waals surface area (Å²) in [6.45, 7) is 8.38. The zero-order valence-corrected chi connectivity index (χ0v) is 10.2. The maximum atomic E-state index is 9.86. The van der Waals surface area contributed by atoms with Crippen LogP contribution in [0.5, 0.6) is 0 Å². The summed E-state index contributed by atoms with van der Waals surface area (Å²) in [6, 6.07) is 0. The number of morpholine rings is 1. The number of hydrogen-bond acceptors (Lipinski definition) is 4. The van der Waals surface area contributed by atoms with Crippen molar-refractivity contribution in [2.24, 2.45) is 11.8 Å². The van der Waals surface area contributed by atoms with Crippen molar-refractivity contribution in [3.63, 3.8) is 0 Å². The van der Waals surface area contributed by atoms with Gasteiger partial charge in [-0.25, -0.2) is 0 Å². The molecule has 0 aromatic heterocycles. The second-order valence-electron chi connectivity index (χ2n) is 5.20. The average molecular weight is 228 g/mol. The maximum Gasteiger partial charge on any atom is 0.0791 e. The van der Waals surface area contributed by atoms with E-state index in [2.05, 4.69) is 17.1 Å². The Morgan fingerprint density at radius 2 is 2.12 bits per heavy atom. The summed E-state index contributed by atoms with van der Waals surface area (Å²) >= 11 is 0. The molecule has 1 saturated heterocycles. The normalized spacial score (nSPS) is 32.6. The van der Waals surface area contributed by atoms with Crippen molar-refractivity contribution in [1.29, 1.82) is 0 Å². The number of β-amino-alcohol motifs (C(OH)–C–C–N with tert-alkyl or cyclic N) is 1.